The number of aliphatic hydroxyl groups excluding tert-OH is 1. The first-order valence-electron chi connectivity index (χ1n) is 5.97. The van der Waals surface area contributed by atoms with Gasteiger partial charge in [-0.15, -0.1) is 11.3 Å². The first-order chi connectivity index (χ1) is 8.67. The zero-order valence-electron chi connectivity index (χ0n) is 10.2. The molecule has 0 amide bonds. The Balaban J connectivity index is 1.83. The van der Waals surface area contributed by atoms with Crippen LogP contribution >= 0.6 is 11.3 Å². The summed E-state index contributed by atoms with van der Waals surface area (Å²) in [6, 6.07) is 1.61. The molecule has 2 aromatic heterocycles. The van der Waals surface area contributed by atoms with Crippen LogP contribution in [-0.4, -0.2) is 39.1 Å². The third-order valence-electron chi connectivity index (χ3n) is 3.31. The molecule has 1 fully saturated rings. The summed E-state index contributed by atoms with van der Waals surface area (Å²) in [5.74, 6) is 0.388. The largest absolute Gasteiger partial charge is 0.396 e. The molecule has 0 saturated carbocycles. The number of hydrogen-bond acceptors (Lipinski definition) is 5. The monoisotopic (exact) mass is 265 g/mol. The molecule has 3 rings (SSSR count). The molecule has 0 aromatic carbocycles. The number of likely N-dealkylation sites (tertiary alicyclic amines) is 1. The van der Waals surface area contributed by atoms with Crippen LogP contribution in [0.5, 0.6) is 0 Å². The standard InChI is InChI=1S/C12H15N3O2S/c1-8-7-18-12-13-10(2-11(17)15(8)12)5-14-3-9(4-14)6-16/h2,7,9,16H,3-6H2,1H3. The summed E-state index contributed by atoms with van der Waals surface area (Å²) in [6.07, 6.45) is 0. The molecule has 1 aliphatic rings. The number of fused-ring (bicyclic) bond motifs is 1. The minimum Gasteiger partial charge on any atom is -0.396 e. The maximum absolute atomic E-state index is 12.0. The summed E-state index contributed by atoms with van der Waals surface area (Å²) >= 11 is 1.49. The number of thiazole rings is 1. The highest BCUT2D eigenvalue weighted by Crippen LogP contribution is 2.18. The van der Waals surface area contributed by atoms with E-state index in [9.17, 15) is 4.79 Å². The van der Waals surface area contributed by atoms with Gasteiger partial charge in [-0.1, -0.05) is 0 Å². The third kappa shape index (κ3) is 1.96. The number of nitrogens with zero attached hydrogens (tertiary/aromatic N) is 3. The molecule has 0 bridgehead atoms. The Hall–Kier alpha value is -1.24. The van der Waals surface area contributed by atoms with Gasteiger partial charge in [-0.3, -0.25) is 14.1 Å². The van der Waals surface area contributed by atoms with Crippen LogP contribution in [0.4, 0.5) is 0 Å². The number of aryl methyl sites for hydroxylation is 1. The van der Waals surface area contributed by atoms with Crippen molar-refractivity contribution in [2.75, 3.05) is 19.7 Å². The second-order valence-corrected chi connectivity index (χ2v) is 5.66. The van der Waals surface area contributed by atoms with Crippen LogP contribution in [0.2, 0.25) is 0 Å². The molecular weight excluding hydrogens is 250 g/mol. The van der Waals surface area contributed by atoms with Gasteiger partial charge in [-0.2, -0.15) is 0 Å². The van der Waals surface area contributed by atoms with Crippen LogP contribution in [-0.2, 0) is 6.54 Å². The zero-order valence-corrected chi connectivity index (χ0v) is 11.0. The van der Waals surface area contributed by atoms with E-state index in [1.807, 2.05) is 12.3 Å². The van der Waals surface area contributed by atoms with E-state index in [0.29, 0.717) is 12.5 Å². The second kappa shape index (κ2) is 4.46. The molecule has 5 nitrogen and oxygen atoms in total. The van der Waals surface area contributed by atoms with Crippen LogP contribution in [0.15, 0.2) is 16.2 Å². The van der Waals surface area contributed by atoms with E-state index < -0.39 is 0 Å². The van der Waals surface area contributed by atoms with Crippen LogP contribution in [0.3, 0.4) is 0 Å². The van der Waals surface area contributed by atoms with E-state index in [-0.39, 0.29) is 12.2 Å². The van der Waals surface area contributed by atoms with E-state index in [1.54, 1.807) is 10.5 Å². The lowest BCUT2D eigenvalue weighted by molar-refractivity contribution is 0.0470. The van der Waals surface area contributed by atoms with Gasteiger partial charge in [0.1, 0.15) is 0 Å². The lowest BCUT2D eigenvalue weighted by Crippen LogP contribution is -2.47. The van der Waals surface area contributed by atoms with Crippen molar-refractivity contribution < 1.29 is 5.11 Å². The van der Waals surface area contributed by atoms with Crippen molar-refractivity contribution in [3.63, 3.8) is 0 Å². The Morgan fingerprint density at radius 1 is 1.56 bits per heavy atom. The molecule has 2 aromatic rings. The lowest BCUT2D eigenvalue weighted by Gasteiger charge is -2.37. The highest BCUT2D eigenvalue weighted by molar-refractivity contribution is 7.15. The van der Waals surface area contributed by atoms with Crippen molar-refractivity contribution in [3.05, 3.63) is 33.2 Å². The quantitative estimate of drug-likeness (QED) is 0.877. The molecule has 0 radical (unpaired) electrons. The summed E-state index contributed by atoms with van der Waals surface area (Å²) in [6.45, 7) is 4.63. The minimum absolute atomic E-state index is 0.00650. The first kappa shape index (κ1) is 11.8. The normalized spacial score (nSPS) is 17.2. The predicted molar refractivity (Wildman–Crippen MR) is 69.9 cm³/mol. The van der Waals surface area contributed by atoms with Crippen molar-refractivity contribution in [1.29, 1.82) is 0 Å². The van der Waals surface area contributed by atoms with E-state index in [4.69, 9.17) is 5.11 Å². The van der Waals surface area contributed by atoms with Gasteiger partial charge in [0.2, 0.25) is 0 Å². The molecule has 3 heterocycles. The number of aromatic nitrogens is 2. The highest BCUT2D eigenvalue weighted by Gasteiger charge is 2.26. The van der Waals surface area contributed by atoms with Crippen molar-refractivity contribution in [1.82, 2.24) is 14.3 Å². The maximum atomic E-state index is 12.0. The average Bonchev–Trinajstić information content (AvgIpc) is 2.65. The molecule has 96 valence electrons. The van der Waals surface area contributed by atoms with Crippen LogP contribution < -0.4 is 5.56 Å². The SMILES string of the molecule is Cc1csc2nc(CN3CC(CO)C3)cc(=O)n12. The van der Waals surface area contributed by atoms with Crippen LogP contribution in [0.25, 0.3) is 4.96 Å². The minimum atomic E-state index is -0.00650. The fourth-order valence-corrected chi connectivity index (χ4v) is 3.22. The van der Waals surface area contributed by atoms with Gasteiger partial charge in [0.25, 0.3) is 5.56 Å². The summed E-state index contributed by atoms with van der Waals surface area (Å²) in [7, 11) is 0. The third-order valence-corrected chi connectivity index (χ3v) is 4.25. The molecule has 0 aliphatic carbocycles. The Morgan fingerprint density at radius 3 is 3.06 bits per heavy atom. The van der Waals surface area contributed by atoms with E-state index in [2.05, 4.69) is 9.88 Å². The molecule has 0 unspecified atom stereocenters. The van der Waals surface area contributed by atoms with Gasteiger partial charge in [0.15, 0.2) is 4.96 Å². The molecule has 1 N–H and O–H groups in total. The molecule has 18 heavy (non-hydrogen) atoms. The maximum Gasteiger partial charge on any atom is 0.259 e. The van der Waals surface area contributed by atoms with Gasteiger partial charge in [-0.25, -0.2) is 4.98 Å². The molecule has 1 aliphatic heterocycles. The first-order valence-corrected chi connectivity index (χ1v) is 6.85. The fraction of sp³-hybridized carbons (Fsp3) is 0.500. The van der Waals surface area contributed by atoms with Gasteiger partial charge in [-0.05, 0) is 6.92 Å². The Kier molecular flexibility index (Phi) is 2.93. The number of hydrogen-bond donors (Lipinski definition) is 1. The van der Waals surface area contributed by atoms with Crippen LogP contribution in [0, 0.1) is 12.8 Å². The summed E-state index contributed by atoms with van der Waals surface area (Å²) < 4.78 is 1.64. The molecule has 0 atom stereocenters. The number of aliphatic hydroxyl groups is 1. The fourth-order valence-electron chi connectivity index (χ4n) is 2.33. The molecular formula is C12H15N3O2S. The van der Waals surface area contributed by atoms with E-state index in [0.717, 1.165) is 29.4 Å². The predicted octanol–water partition coefficient (Wildman–Crippen LogP) is 0.489. The van der Waals surface area contributed by atoms with Gasteiger partial charge in [0, 0.05) is 49.3 Å². The van der Waals surface area contributed by atoms with Crippen molar-refractivity contribution in [2.24, 2.45) is 5.92 Å². The Labute approximate surface area is 108 Å². The molecule has 6 heteroatoms. The molecule has 0 spiro atoms. The smallest absolute Gasteiger partial charge is 0.259 e. The average molecular weight is 265 g/mol. The van der Waals surface area contributed by atoms with Crippen molar-refractivity contribution in [3.8, 4) is 0 Å². The second-order valence-electron chi connectivity index (χ2n) is 4.82. The molecule has 1 saturated heterocycles. The Bertz CT molecular complexity index is 628. The summed E-state index contributed by atoms with van der Waals surface area (Å²) in [4.78, 5) is 19.4. The lowest BCUT2D eigenvalue weighted by atomic mass is 10.0. The van der Waals surface area contributed by atoms with Crippen molar-refractivity contribution >= 4 is 16.3 Å². The van der Waals surface area contributed by atoms with Crippen LogP contribution in [0.1, 0.15) is 11.4 Å². The zero-order chi connectivity index (χ0) is 12.7. The van der Waals surface area contributed by atoms with Gasteiger partial charge in [0.05, 0.1) is 5.69 Å². The van der Waals surface area contributed by atoms with Gasteiger partial charge >= 0.3 is 0 Å². The summed E-state index contributed by atoms with van der Waals surface area (Å²) in [5, 5.41) is 10.9. The summed E-state index contributed by atoms with van der Waals surface area (Å²) in [5.41, 5.74) is 1.74. The topological polar surface area (TPSA) is 57.8 Å². The van der Waals surface area contributed by atoms with Crippen molar-refractivity contribution in [2.45, 2.75) is 13.5 Å². The van der Waals surface area contributed by atoms with Gasteiger partial charge < -0.3 is 5.11 Å². The van der Waals surface area contributed by atoms with E-state index >= 15 is 0 Å². The number of rotatable bonds is 3. The van der Waals surface area contributed by atoms with E-state index in [1.165, 1.54) is 11.3 Å². The Morgan fingerprint density at radius 2 is 2.33 bits per heavy atom. The highest BCUT2D eigenvalue weighted by atomic mass is 32.1.